The van der Waals surface area contributed by atoms with Crippen LogP contribution in [0.15, 0.2) is 176 Å². The summed E-state index contributed by atoms with van der Waals surface area (Å²) >= 11 is 0. The molecule has 0 spiro atoms. The molecular formula is C47H32N4. The fraction of sp³-hybridized carbons (Fsp3) is 0.0213. The molecule has 2 heterocycles. The first-order chi connectivity index (χ1) is 25.2. The molecule has 0 atom stereocenters. The first-order valence-electron chi connectivity index (χ1n) is 17.3. The number of para-hydroxylation sites is 2. The molecule has 0 radical (unpaired) electrons. The topological polar surface area (TPSA) is 34.0 Å². The van der Waals surface area contributed by atoms with E-state index in [2.05, 4.69) is 186 Å². The van der Waals surface area contributed by atoms with Crippen LogP contribution in [0.3, 0.4) is 0 Å². The highest BCUT2D eigenvalue weighted by molar-refractivity contribution is 6.23. The van der Waals surface area contributed by atoms with E-state index in [-0.39, 0.29) is 0 Å². The third kappa shape index (κ3) is 4.76. The van der Waals surface area contributed by atoms with Gasteiger partial charge < -0.3 is 9.47 Å². The first kappa shape index (κ1) is 29.2. The standard InChI is InChI=1S/C47H32N4/c1-31-19-28-45-42(29-31)39-15-9-10-18-44(39)51(45)36-26-24-35(25-27-36)50(33-11-3-2-4-12-33)34-22-20-32(21-23-34)43-30-48-46-40-16-7-5-13-37(40)38-14-6-8-17-41(38)47(46)49-43/h2-30H,1H3. The van der Waals surface area contributed by atoms with Crippen LogP contribution in [0.1, 0.15) is 5.56 Å². The molecule has 0 aliphatic carbocycles. The number of hydrogen-bond donors (Lipinski definition) is 0. The van der Waals surface area contributed by atoms with Crippen molar-refractivity contribution in [1.29, 1.82) is 0 Å². The predicted molar refractivity (Wildman–Crippen MR) is 214 cm³/mol. The van der Waals surface area contributed by atoms with Crippen LogP contribution < -0.4 is 4.90 Å². The smallest absolute Gasteiger partial charge is 0.0979 e. The van der Waals surface area contributed by atoms with Gasteiger partial charge in [-0.2, -0.15) is 0 Å². The van der Waals surface area contributed by atoms with E-state index < -0.39 is 0 Å². The lowest BCUT2D eigenvalue weighted by Gasteiger charge is -2.26. The summed E-state index contributed by atoms with van der Waals surface area (Å²) in [5.74, 6) is 0. The van der Waals surface area contributed by atoms with Gasteiger partial charge in [-0.1, -0.05) is 109 Å². The van der Waals surface area contributed by atoms with Crippen LogP contribution in [0.2, 0.25) is 0 Å². The minimum Gasteiger partial charge on any atom is -0.311 e. The minimum absolute atomic E-state index is 0.853. The van der Waals surface area contributed by atoms with Crippen LogP contribution in [0.25, 0.3) is 71.3 Å². The maximum Gasteiger partial charge on any atom is 0.0979 e. The third-order valence-electron chi connectivity index (χ3n) is 10.1. The lowest BCUT2D eigenvalue weighted by molar-refractivity contribution is 1.17. The van der Waals surface area contributed by atoms with Crippen LogP contribution in [0.4, 0.5) is 17.1 Å². The maximum absolute atomic E-state index is 5.22. The van der Waals surface area contributed by atoms with Gasteiger partial charge in [-0.3, -0.25) is 4.98 Å². The van der Waals surface area contributed by atoms with E-state index in [4.69, 9.17) is 9.97 Å². The van der Waals surface area contributed by atoms with Crippen molar-refractivity contribution in [2.45, 2.75) is 6.92 Å². The van der Waals surface area contributed by atoms with Gasteiger partial charge >= 0.3 is 0 Å². The summed E-state index contributed by atoms with van der Waals surface area (Å²) in [5, 5.41) is 7.18. The third-order valence-corrected chi connectivity index (χ3v) is 10.1. The Kier molecular flexibility index (Phi) is 6.68. The van der Waals surface area contributed by atoms with Gasteiger partial charge in [0.2, 0.25) is 0 Å². The van der Waals surface area contributed by atoms with Crippen molar-refractivity contribution in [1.82, 2.24) is 14.5 Å². The molecule has 4 heteroatoms. The van der Waals surface area contributed by atoms with Crippen LogP contribution in [0.5, 0.6) is 0 Å². The monoisotopic (exact) mass is 652 g/mol. The highest BCUT2D eigenvalue weighted by Gasteiger charge is 2.17. The molecule has 0 amide bonds. The molecule has 51 heavy (non-hydrogen) atoms. The quantitative estimate of drug-likeness (QED) is 0.174. The molecule has 0 saturated heterocycles. The Bertz CT molecular complexity index is 2870. The summed E-state index contributed by atoms with van der Waals surface area (Å²) in [4.78, 5) is 12.5. The summed E-state index contributed by atoms with van der Waals surface area (Å²) in [5.41, 5.74) is 11.8. The normalized spacial score (nSPS) is 11.6. The van der Waals surface area contributed by atoms with Crippen molar-refractivity contribution >= 4 is 71.4 Å². The molecule has 0 saturated carbocycles. The molecule has 8 aromatic carbocycles. The molecule has 0 aliphatic heterocycles. The van der Waals surface area contributed by atoms with E-state index in [0.29, 0.717) is 0 Å². The molecule has 4 nitrogen and oxygen atoms in total. The van der Waals surface area contributed by atoms with E-state index >= 15 is 0 Å². The van der Waals surface area contributed by atoms with Crippen molar-refractivity contribution in [3.8, 4) is 16.9 Å². The molecule has 10 aromatic rings. The van der Waals surface area contributed by atoms with Gasteiger partial charge in [-0.05, 0) is 84.4 Å². The molecule has 0 N–H and O–H groups in total. The van der Waals surface area contributed by atoms with Crippen molar-refractivity contribution in [2.24, 2.45) is 0 Å². The molecular weight excluding hydrogens is 621 g/mol. The summed E-state index contributed by atoms with van der Waals surface area (Å²) in [6, 6.07) is 60.4. The predicted octanol–water partition coefficient (Wildman–Crippen LogP) is 12.5. The Morgan fingerprint density at radius 3 is 1.71 bits per heavy atom. The zero-order chi connectivity index (χ0) is 33.9. The van der Waals surface area contributed by atoms with Crippen molar-refractivity contribution in [2.75, 3.05) is 4.90 Å². The maximum atomic E-state index is 5.22. The van der Waals surface area contributed by atoms with Gasteiger partial charge in [-0.25, -0.2) is 4.98 Å². The zero-order valence-electron chi connectivity index (χ0n) is 28.0. The molecule has 0 unspecified atom stereocenters. The van der Waals surface area contributed by atoms with Crippen LogP contribution in [-0.4, -0.2) is 14.5 Å². The van der Waals surface area contributed by atoms with Gasteiger partial charge in [-0.15, -0.1) is 0 Å². The van der Waals surface area contributed by atoms with Gasteiger partial charge in [0.05, 0.1) is 34.0 Å². The largest absolute Gasteiger partial charge is 0.311 e. The van der Waals surface area contributed by atoms with Crippen LogP contribution in [0, 0.1) is 6.92 Å². The molecule has 2 aromatic heterocycles. The second kappa shape index (κ2) is 11.7. The number of fused-ring (bicyclic) bond motifs is 9. The number of anilines is 3. The number of benzene rings is 8. The van der Waals surface area contributed by atoms with E-state index in [9.17, 15) is 0 Å². The Balaban J connectivity index is 1.05. The first-order valence-corrected chi connectivity index (χ1v) is 17.3. The molecule has 10 rings (SSSR count). The van der Waals surface area contributed by atoms with Gasteiger partial charge in [0.15, 0.2) is 0 Å². The van der Waals surface area contributed by atoms with Crippen LogP contribution in [-0.2, 0) is 0 Å². The van der Waals surface area contributed by atoms with Crippen molar-refractivity contribution in [3.63, 3.8) is 0 Å². The molecule has 0 aliphatic rings. The Labute approximate surface area is 295 Å². The average molecular weight is 653 g/mol. The van der Waals surface area contributed by atoms with Crippen molar-refractivity contribution in [3.05, 3.63) is 182 Å². The van der Waals surface area contributed by atoms with Gasteiger partial charge in [0.25, 0.3) is 0 Å². The SMILES string of the molecule is Cc1ccc2c(c1)c1ccccc1n2-c1ccc(N(c2ccccc2)c2ccc(-c3cnc4c5ccccc5c5ccccc5c4n3)cc2)cc1. The average Bonchev–Trinajstić information content (AvgIpc) is 3.52. The second-order valence-corrected chi connectivity index (χ2v) is 13.2. The lowest BCUT2D eigenvalue weighted by Crippen LogP contribution is -2.10. The highest BCUT2D eigenvalue weighted by Crippen LogP contribution is 2.39. The number of hydrogen-bond acceptors (Lipinski definition) is 3. The molecule has 240 valence electrons. The fourth-order valence-corrected chi connectivity index (χ4v) is 7.68. The number of aromatic nitrogens is 3. The van der Waals surface area contributed by atoms with Gasteiger partial charge in [0.1, 0.15) is 0 Å². The lowest BCUT2D eigenvalue weighted by atomic mass is 9.99. The Morgan fingerprint density at radius 1 is 0.451 bits per heavy atom. The summed E-state index contributed by atoms with van der Waals surface area (Å²) in [6.07, 6.45) is 1.90. The summed E-state index contributed by atoms with van der Waals surface area (Å²) in [7, 11) is 0. The highest BCUT2D eigenvalue weighted by atomic mass is 15.1. The Morgan fingerprint density at radius 2 is 1.00 bits per heavy atom. The number of rotatable bonds is 5. The van der Waals surface area contributed by atoms with E-state index in [1.165, 1.54) is 38.1 Å². The van der Waals surface area contributed by atoms with Gasteiger partial charge in [0, 0.05) is 49.9 Å². The van der Waals surface area contributed by atoms with E-state index in [1.54, 1.807) is 0 Å². The number of nitrogens with zero attached hydrogens (tertiary/aromatic N) is 4. The Hall–Kier alpha value is -6.78. The second-order valence-electron chi connectivity index (χ2n) is 13.2. The number of aryl methyl sites for hydroxylation is 1. The summed E-state index contributed by atoms with van der Waals surface area (Å²) < 4.78 is 2.37. The molecule has 0 bridgehead atoms. The minimum atomic E-state index is 0.853. The van der Waals surface area contributed by atoms with Crippen molar-refractivity contribution < 1.29 is 0 Å². The molecule has 0 fully saturated rings. The fourth-order valence-electron chi connectivity index (χ4n) is 7.68. The van der Waals surface area contributed by atoms with E-state index in [1.807, 2.05) is 6.20 Å². The summed E-state index contributed by atoms with van der Waals surface area (Å²) in [6.45, 7) is 2.16. The van der Waals surface area contributed by atoms with Crippen LogP contribution >= 0.6 is 0 Å². The van der Waals surface area contributed by atoms with E-state index in [0.717, 1.165) is 55.8 Å². The zero-order valence-corrected chi connectivity index (χ0v) is 28.0.